The Morgan fingerprint density at radius 2 is 1.00 bits per heavy atom. The highest BCUT2D eigenvalue weighted by Gasteiger charge is 2.32. The summed E-state index contributed by atoms with van der Waals surface area (Å²) in [6.07, 6.45) is 0. The second-order valence-electron chi connectivity index (χ2n) is 2.16. The van der Waals surface area contributed by atoms with Gasteiger partial charge < -0.3 is 0 Å². The topological polar surface area (TPSA) is 0 Å². The van der Waals surface area contributed by atoms with Crippen molar-refractivity contribution in [2.24, 2.45) is 0 Å². The van der Waals surface area contributed by atoms with E-state index in [0.717, 1.165) is 0 Å². The monoisotopic (exact) mass is 433 g/mol. The Bertz CT molecular complexity index is 169. The Hall–Kier alpha value is 5.59. The van der Waals surface area contributed by atoms with Gasteiger partial charge in [0, 0.05) is 6.49 Å². The van der Waals surface area contributed by atoms with Crippen molar-refractivity contribution in [3.63, 3.8) is 0 Å². The minimum Gasteiger partial charge on any atom is -0.106 e. The molecule has 0 aliphatic heterocycles. The molecule has 0 aromatic rings. The average Bonchev–Trinajstić information content (AvgIpc) is 2.01. The lowest BCUT2D eigenvalue weighted by Crippen LogP contribution is -1.83. The Morgan fingerprint density at radius 1 is 0.714 bits per heavy atom. The molecule has 0 aromatic carbocycles. The molecule has 0 heterocycles. The zero-order valence-electron chi connectivity index (χ0n) is 8.35. The fraction of sp³-hybridized carbons (Fsp3) is 1.00. The highest BCUT2D eigenvalue weighted by Crippen LogP contribution is 3.05. The van der Waals surface area contributed by atoms with E-state index in [1.54, 1.807) is 0 Å². The van der Waals surface area contributed by atoms with Crippen LogP contribution in [0, 0.1) is 0 Å². The van der Waals surface area contributed by atoms with Crippen molar-refractivity contribution in [3.05, 3.63) is 0 Å². The molecule has 8 atom stereocenters. The van der Waals surface area contributed by atoms with Gasteiger partial charge in [-0.15, -0.1) is 71.4 Å². The maximum Gasteiger partial charge on any atom is 0.0471 e. The Kier molecular flexibility index (Phi) is 13.0. The van der Waals surface area contributed by atoms with Gasteiger partial charge in [-0.05, 0) is 21.3 Å². The number of hydrogen-bond donors (Lipinski definition) is 0. The van der Waals surface area contributed by atoms with Gasteiger partial charge >= 0.3 is 0 Å². The second kappa shape index (κ2) is 10.3. The first-order valence-electron chi connectivity index (χ1n) is 3.64. The summed E-state index contributed by atoms with van der Waals surface area (Å²) in [7, 11) is 22.1. The SMILES string of the molecule is [2H]C(P(P)P)(P(P)P)P(P(P)P)P(P)P. The highest BCUT2D eigenvalue weighted by molar-refractivity contribution is 8.99. The largest absolute Gasteiger partial charge is 0.106 e. The standard InChI is InChI=1S/CH17P13/c2-10(3)1(11(4)5)12(13(6)7)14(8)9/h1H,2-9H2/i1D. The molecular formula is CH17P13. The summed E-state index contributed by atoms with van der Waals surface area (Å²) < 4.78 is 8.83. The summed E-state index contributed by atoms with van der Waals surface area (Å²) in [5.74, 6) is 0. The summed E-state index contributed by atoms with van der Waals surface area (Å²) in [6, 6.07) is 0. The van der Waals surface area contributed by atoms with Gasteiger partial charge in [0.15, 0.2) is 0 Å². The van der Waals surface area contributed by atoms with Gasteiger partial charge in [-0.25, -0.2) is 0 Å². The molecule has 0 N–H and O–H groups in total. The van der Waals surface area contributed by atoms with Crippen LogP contribution in [0.15, 0.2) is 0 Å². The molecule has 13 heteroatoms. The van der Waals surface area contributed by atoms with Gasteiger partial charge in [-0.2, -0.15) is 0 Å². The third-order valence-corrected chi connectivity index (χ3v) is 40.3. The van der Waals surface area contributed by atoms with E-state index in [4.69, 9.17) is 1.37 Å². The van der Waals surface area contributed by atoms with Crippen LogP contribution in [0.4, 0.5) is 0 Å². The minimum absolute atomic E-state index is 0.179. The molecule has 0 bridgehead atoms. The van der Waals surface area contributed by atoms with E-state index in [-0.39, 0.29) is 26.4 Å². The summed E-state index contributed by atoms with van der Waals surface area (Å²) in [6.45, 7) is -0.359. The van der Waals surface area contributed by atoms with Gasteiger partial charge in [0.1, 0.15) is 0 Å². The van der Waals surface area contributed by atoms with Crippen molar-refractivity contribution in [2.75, 3.05) is 0 Å². The molecule has 0 aliphatic carbocycles. The zero-order chi connectivity index (χ0) is 12.4. The first-order chi connectivity index (χ1) is 6.65. The summed E-state index contributed by atoms with van der Waals surface area (Å²) >= 11 is 0. The van der Waals surface area contributed by atoms with E-state index >= 15 is 0 Å². The van der Waals surface area contributed by atoms with Crippen molar-refractivity contribution < 1.29 is 1.37 Å². The molecule has 0 saturated heterocycles. The van der Waals surface area contributed by atoms with Crippen LogP contribution in [0.5, 0.6) is 0 Å². The minimum atomic E-state index is -0.395. The Labute approximate surface area is 113 Å². The van der Waals surface area contributed by atoms with E-state index < -0.39 is 14.6 Å². The predicted octanol–water partition coefficient (Wildman–Crippen LogP) is 6.83. The predicted molar refractivity (Wildman–Crippen MR) is 116 cm³/mol. The molecule has 0 amide bonds. The van der Waals surface area contributed by atoms with Crippen LogP contribution < -0.4 is 0 Å². The molecule has 0 saturated carbocycles. The second-order valence-corrected chi connectivity index (χ2v) is 40.1. The fourth-order valence-electron chi connectivity index (χ4n) is 0.666. The highest BCUT2D eigenvalue weighted by atomic mass is 33.0. The molecule has 8 unspecified atom stereocenters. The van der Waals surface area contributed by atoms with Crippen LogP contribution >= 0.6 is 107 Å². The normalized spacial score (nSPS) is 15.1. The average molecular weight is 433 g/mol. The molecule has 0 aliphatic rings. The van der Waals surface area contributed by atoms with Gasteiger partial charge in [-0.3, -0.25) is 0 Å². The molecule has 86 valence electrons. The Balaban J connectivity index is 5.19. The van der Waals surface area contributed by atoms with E-state index in [0.29, 0.717) is 0 Å². The maximum absolute atomic E-state index is 8.83. The van der Waals surface area contributed by atoms with Gasteiger partial charge in [-0.1, -0.05) is 14.6 Å². The van der Waals surface area contributed by atoms with Crippen molar-refractivity contribution in [1.82, 2.24) is 0 Å². The van der Waals surface area contributed by atoms with Crippen LogP contribution in [0.1, 0.15) is 1.37 Å². The van der Waals surface area contributed by atoms with Crippen LogP contribution in [0.2, 0.25) is 0 Å². The fourth-order valence-corrected chi connectivity index (χ4v) is 73.2. The lowest BCUT2D eigenvalue weighted by Gasteiger charge is -2.37. The van der Waals surface area contributed by atoms with E-state index in [2.05, 4.69) is 71.4 Å². The third-order valence-electron chi connectivity index (χ3n) is 1.08. The maximum atomic E-state index is 8.83. The van der Waals surface area contributed by atoms with Crippen LogP contribution in [0.25, 0.3) is 0 Å². The molecule has 14 heavy (non-hydrogen) atoms. The molecule has 0 spiro atoms. The number of hydrogen-bond acceptors (Lipinski definition) is 0. The van der Waals surface area contributed by atoms with Crippen LogP contribution in [-0.2, 0) is 0 Å². The lowest BCUT2D eigenvalue weighted by molar-refractivity contribution is 2.06. The van der Waals surface area contributed by atoms with Crippen molar-refractivity contribution in [3.8, 4) is 0 Å². The van der Waals surface area contributed by atoms with Crippen molar-refractivity contribution in [1.29, 1.82) is 0 Å². The van der Waals surface area contributed by atoms with Crippen LogP contribution in [-0.4, -0.2) is 5.12 Å². The van der Waals surface area contributed by atoms with Crippen molar-refractivity contribution in [2.45, 2.75) is 5.12 Å². The zero-order valence-corrected chi connectivity index (χ0v) is 21.1. The van der Waals surface area contributed by atoms with E-state index in [9.17, 15) is 0 Å². The van der Waals surface area contributed by atoms with Crippen LogP contribution in [0.3, 0.4) is 0 Å². The molecule has 0 aromatic heterocycles. The summed E-state index contributed by atoms with van der Waals surface area (Å²) in [4.78, 5) is 0. The van der Waals surface area contributed by atoms with Gasteiger partial charge in [0.05, 0.1) is 0 Å². The summed E-state index contributed by atoms with van der Waals surface area (Å²) in [5.41, 5.74) is 0. The molecule has 0 rings (SSSR count). The quantitative estimate of drug-likeness (QED) is 0.418. The third kappa shape index (κ3) is 7.39. The molecular weight excluding hydrogens is 415 g/mol. The van der Waals surface area contributed by atoms with Gasteiger partial charge in [0.25, 0.3) is 0 Å². The smallest absolute Gasteiger partial charge is 0.0471 e. The molecule has 0 radical (unpaired) electrons. The number of rotatable bonds is 5. The van der Waals surface area contributed by atoms with Crippen molar-refractivity contribution >= 4 is 107 Å². The molecule has 0 nitrogen and oxygen atoms in total. The molecule has 0 fully saturated rings. The van der Waals surface area contributed by atoms with Gasteiger partial charge in [0.2, 0.25) is 0 Å². The first-order valence-corrected chi connectivity index (χ1v) is 24.2. The lowest BCUT2D eigenvalue weighted by atomic mass is 11.9. The summed E-state index contributed by atoms with van der Waals surface area (Å²) in [5, 5.41) is -0.269. The van der Waals surface area contributed by atoms with E-state index in [1.165, 1.54) is 0 Å². The Morgan fingerprint density at radius 3 is 1.07 bits per heavy atom. The van der Waals surface area contributed by atoms with E-state index in [1.807, 2.05) is 0 Å². The first kappa shape index (κ1) is 17.6.